The van der Waals surface area contributed by atoms with Gasteiger partial charge in [-0.1, -0.05) is 76.5 Å². The van der Waals surface area contributed by atoms with Crippen LogP contribution in [0.2, 0.25) is 0 Å². The summed E-state index contributed by atoms with van der Waals surface area (Å²) in [5.74, 6) is -1.22. The van der Waals surface area contributed by atoms with E-state index in [-0.39, 0.29) is 39.0 Å². The minimum atomic E-state index is -4.44. The number of unbranched alkanes of at least 4 members (excludes halogenated alkanes) is 11. The molecule has 0 aliphatic rings. The van der Waals surface area contributed by atoms with Gasteiger partial charge < -0.3 is 25.2 Å². The smallest absolute Gasteiger partial charge is 0.462 e. The van der Waals surface area contributed by atoms with E-state index in [0.717, 1.165) is 44.6 Å². The number of aliphatic hydroxyl groups excluding tert-OH is 1. The minimum absolute atomic E-state index is 0.00116. The Hall–Kier alpha value is -1.88. The summed E-state index contributed by atoms with van der Waals surface area (Å²) in [5.41, 5.74) is 5.25. The lowest BCUT2D eigenvalue weighted by Crippen LogP contribution is -2.30. The zero-order valence-corrected chi connectivity index (χ0v) is 26.3. The van der Waals surface area contributed by atoms with Crippen molar-refractivity contribution in [1.29, 1.82) is 0 Å². The van der Waals surface area contributed by atoms with E-state index in [1.165, 1.54) is 44.6 Å². The highest BCUT2D eigenvalue weighted by molar-refractivity contribution is 7.47. The Labute approximate surface area is 251 Å². The van der Waals surface area contributed by atoms with E-state index in [2.05, 4.69) is 23.6 Å². The van der Waals surface area contributed by atoms with Crippen LogP contribution in [-0.2, 0) is 37.5 Å². The van der Waals surface area contributed by atoms with E-state index in [1.54, 1.807) is 0 Å². The molecular formula is C30H54NO10P. The molecule has 12 heteroatoms. The molecule has 0 aliphatic carbocycles. The number of aldehydes is 1. The number of allylic oxidation sites excluding steroid dienone is 3. The van der Waals surface area contributed by atoms with Crippen LogP contribution in [0.15, 0.2) is 24.3 Å². The molecule has 0 bridgehead atoms. The van der Waals surface area contributed by atoms with E-state index < -0.39 is 38.6 Å². The predicted molar refractivity (Wildman–Crippen MR) is 162 cm³/mol. The van der Waals surface area contributed by atoms with Gasteiger partial charge in [-0.2, -0.15) is 0 Å². The summed E-state index contributed by atoms with van der Waals surface area (Å²) in [6.07, 6.45) is 20.1. The number of carbonyl (C=O) groups is 3. The second kappa shape index (κ2) is 27.9. The molecule has 0 heterocycles. The van der Waals surface area contributed by atoms with Crippen LogP contribution in [-0.4, -0.2) is 66.8 Å². The van der Waals surface area contributed by atoms with E-state index in [4.69, 9.17) is 19.7 Å². The molecule has 0 rings (SSSR count). The first-order valence-electron chi connectivity index (χ1n) is 15.4. The monoisotopic (exact) mass is 619 g/mol. The highest BCUT2D eigenvalue weighted by Gasteiger charge is 2.26. The van der Waals surface area contributed by atoms with Gasteiger partial charge in [0.2, 0.25) is 0 Å². The summed E-state index contributed by atoms with van der Waals surface area (Å²) < 4.78 is 31.9. The quantitative estimate of drug-likeness (QED) is 0.0242. The topological polar surface area (TPSA) is 172 Å². The third-order valence-electron chi connectivity index (χ3n) is 6.22. The van der Waals surface area contributed by atoms with Crippen LogP contribution in [0.1, 0.15) is 110 Å². The molecule has 0 saturated carbocycles. The van der Waals surface area contributed by atoms with Crippen LogP contribution in [0.25, 0.3) is 0 Å². The molecule has 0 radical (unpaired) electrons. The molecule has 0 saturated heterocycles. The molecule has 11 nitrogen and oxygen atoms in total. The van der Waals surface area contributed by atoms with Gasteiger partial charge in [-0.15, -0.1) is 0 Å². The van der Waals surface area contributed by atoms with Gasteiger partial charge in [0.05, 0.1) is 19.3 Å². The summed E-state index contributed by atoms with van der Waals surface area (Å²) in [4.78, 5) is 44.4. The summed E-state index contributed by atoms with van der Waals surface area (Å²) in [6.45, 7) is 1.09. The van der Waals surface area contributed by atoms with Crippen LogP contribution in [0, 0.1) is 0 Å². The fraction of sp³-hybridized carbons (Fsp3) is 0.767. The fourth-order valence-electron chi connectivity index (χ4n) is 3.88. The fourth-order valence-corrected chi connectivity index (χ4v) is 4.64. The molecule has 0 aromatic carbocycles. The van der Waals surface area contributed by atoms with Crippen LogP contribution >= 0.6 is 7.82 Å². The number of hydrogen-bond donors (Lipinski definition) is 3. The minimum Gasteiger partial charge on any atom is -0.462 e. The molecule has 4 N–H and O–H groups in total. The zero-order valence-electron chi connectivity index (χ0n) is 25.4. The van der Waals surface area contributed by atoms with Gasteiger partial charge in [-0.05, 0) is 44.6 Å². The van der Waals surface area contributed by atoms with Gasteiger partial charge in [0.15, 0.2) is 6.10 Å². The standard InChI is InChI=1S/C30H54NO10P/c1-2-3-4-5-6-7-8-9-10-11-12-13-14-15-16-19-29(34)38-25-28(26-40-42(36,37)39-24-22-31)41-30(35)21-20-27(33)18-17-23-32/h9-10,17-18,23,27-28,33H,2-8,11-16,19-22,24-26,31H2,1H3,(H,36,37)/b10-9-,18-17+/t27?,28-/m1/s1. The van der Waals surface area contributed by atoms with Crippen LogP contribution in [0.5, 0.6) is 0 Å². The lowest BCUT2D eigenvalue weighted by Gasteiger charge is -2.20. The van der Waals surface area contributed by atoms with Crippen molar-refractivity contribution in [3.8, 4) is 0 Å². The maximum absolute atomic E-state index is 12.2. The summed E-state index contributed by atoms with van der Waals surface area (Å²) in [5, 5.41) is 9.72. The van der Waals surface area contributed by atoms with Crippen molar-refractivity contribution in [3.63, 3.8) is 0 Å². The summed E-state index contributed by atoms with van der Waals surface area (Å²) >= 11 is 0. The van der Waals surface area contributed by atoms with Crippen molar-refractivity contribution in [1.82, 2.24) is 0 Å². The largest absolute Gasteiger partial charge is 0.472 e. The normalized spacial score (nSPS) is 14.6. The van der Waals surface area contributed by atoms with Crippen molar-refractivity contribution in [2.24, 2.45) is 5.73 Å². The number of phosphoric ester groups is 1. The van der Waals surface area contributed by atoms with Crippen molar-refractivity contribution in [3.05, 3.63) is 24.3 Å². The Morgan fingerprint density at radius 3 is 2.10 bits per heavy atom. The number of esters is 2. The Morgan fingerprint density at radius 1 is 0.857 bits per heavy atom. The molecule has 0 spiro atoms. The number of nitrogens with two attached hydrogens (primary N) is 1. The molecule has 0 fully saturated rings. The average molecular weight is 620 g/mol. The molecular weight excluding hydrogens is 565 g/mol. The van der Waals surface area contributed by atoms with E-state index >= 15 is 0 Å². The van der Waals surface area contributed by atoms with Gasteiger partial charge in [-0.25, -0.2) is 4.57 Å². The Morgan fingerprint density at radius 2 is 1.48 bits per heavy atom. The lowest BCUT2D eigenvalue weighted by molar-refractivity contribution is -0.161. The van der Waals surface area contributed by atoms with Crippen molar-refractivity contribution in [2.75, 3.05) is 26.4 Å². The molecule has 0 amide bonds. The molecule has 0 aromatic heterocycles. The number of carbonyl (C=O) groups excluding carboxylic acids is 3. The van der Waals surface area contributed by atoms with Gasteiger partial charge in [0, 0.05) is 19.4 Å². The highest BCUT2D eigenvalue weighted by Crippen LogP contribution is 2.43. The van der Waals surface area contributed by atoms with E-state index in [1.807, 2.05) is 0 Å². The summed E-state index contributed by atoms with van der Waals surface area (Å²) in [7, 11) is -4.44. The molecule has 0 aromatic rings. The van der Waals surface area contributed by atoms with Gasteiger partial charge in [0.1, 0.15) is 12.9 Å². The molecule has 3 atom stereocenters. The number of aliphatic hydroxyl groups is 1. The van der Waals surface area contributed by atoms with Gasteiger partial charge in [-0.3, -0.25) is 23.4 Å². The number of phosphoric acid groups is 1. The van der Waals surface area contributed by atoms with Crippen LogP contribution < -0.4 is 5.73 Å². The van der Waals surface area contributed by atoms with Gasteiger partial charge >= 0.3 is 19.8 Å². The first-order valence-corrected chi connectivity index (χ1v) is 16.9. The highest BCUT2D eigenvalue weighted by atomic mass is 31.2. The SMILES string of the molecule is CCCCCCCC/C=C\CCCCCCCC(=O)OC[C@H](COP(=O)(O)OCCN)OC(=O)CCC(O)/C=C/C=O. The predicted octanol–water partition coefficient (Wildman–Crippen LogP) is 5.47. The Bertz CT molecular complexity index is 805. The lowest BCUT2D eigenvalue weighted by atomic mass is 10.1. The van der Waals surface area contributed by atoms with Crippen LogP contribution in [0.3, 0.4) is 0 Å². The van der Waals surface area contributed by atoms with Crippen molar-refractivity contribution in [2.45, 2.75) is 122 Å². The maximum Gasteiger partial charge on any atom is 0.472 e. The van der Waals surface area contributed by atoms with Crippen molar-refractivity contribution < 1.29 is 47.5 Å². The van der Waals surface area contributed by atoms with Crippen LogP contribution in [0.4, 0.5) is 0 Å². The molecule has 0 aliphatic heterocycles. The van der Waals surface area contributed by atoms with E-state index in [9.17, 15) is 28.9 Å². The third-order valence-corrected chi connectivity index (χ3v) is 7.21. The number of rotatable bonds is 29. The Kier molecular flexibility index (Phi) is 26.7. The summed E-state index contributed by atoms with van der Waals surface area (Å²) in [6, 6.07) is 0. The molecule has 42 heavy (non-hydrogen) atoms. The first-order chi connectivity index (χ1) is 20.2. The number of ether oxygens (including phenoxy) is 2. The van der Waals surface area contributed by atoms with E-state index in [0.29, 0.717) is 12.7 Å². The Balaban J connectivity index is 4.28. The third kappa shape index (κ3) is 27.0. The second-order valence-corrected chi connectivity index (χ2v) is 11.6. The second-order valence-electron chi connectivity index (χ2n) is 10.1. The first kappa shape index (κ1) is 40.1. The number of hydrogen-bond acceptors (Lipinski definition) is 10. The van der Waals surface area contributed by atoms with Crippen molar-refractivity contribution >= 4 is 26.0 Å². The zero-order chi connectivity index (χ0) is 31.3. The molecule has 2 unspecified atom stereocenters. The van der Waals surface area contributed by atoms with Gasteiger partial charge in [0.25, 0.3) is 0 Å². The average Bonchev–Trinajstić information content (AvgIpc) is 2.97. The molecule has 244 valence electrons. The maximum atomic E-state index is 12.2.